The number of benzene rings is 1. The van der Waals surface area contributed by atoms with Crippen LogP contribution in [0.25, 0.3) is 0 Å². The number of carbonyl (C=O) groups excluding carboxylic acids is 1. The Hall–Kier alpha value is -1.61. The molecule has 1 fully saturated rings. The fraction of sp³-hybridized carbons (Fsp3) is 0.471. The highest BCUT2D eigenvalue weighted by molar-refractivity contribution is 5.37. The summed E-state index contributed by atoms with van der Waals surface area (Å²) in [6, 6.07) is 8.63. The topological polar surface area (TPSA) is 46.5 Å². The molecular formula is C17H22O3. The van der Waals surface area contributed by atoms with Crippen molar-refractivity contribution >= 4 is 6.47 Å². The van der Waals surface area contributed by atoms with E-state index in [0.717, 1.165) is 32.1 Å². The zero-order chi connectivity index (χ0) is 14.2. The Kier molecular flexibility index (Phi) is 5.81. The zero-order valence-electron chi connectivity index (χ0n) is 11.8. The average Bonchev–Trinajstić information content (AvgIpc) is 2.49. The van der Waals surface area contributed by atoms with Crippen LogP contribution >= 0.6 is 0 Å². The number of rotatable bonds is 6. The number of carbonyl (C=O) groups is 1. The van der Waals surface area contributed by atoms with Gasteiger partial charge in [0.1, 0.15) is 6.61 Å². The molecule has 0 unspecified atom stereocenters. The SMILES string of the molecule is O=COCC=C1CCC(c2ccc(CCO)cc2)CC1. The number of ether oxygens (including phenoxy) is 1. The van der Waals surface area contributed by atoms with Gasteiger partial charge in [0.15, 0.2) is 0 Å². The van der Waals surface area contributed by atoms with Crippen molar-refractivity contribution in [2.75, 3.05) is 13.2 Å². The summed E-state index contributed by atoms with van der Waals surface area (Å²) >= 11 is 0. The molecule has 20 heavy (non-hydrogen) atoms. The van der Waals surface area contributed by atoms with E-state index < -0.39 is 0 Å². The van der Waals surface area contributed by atoms with Crippen LogP contribution < -0.4 is 0 Å². The molecule has 1 aromatic carbocycles. The molecule has 0 heterocycles. The molecule has 1 aliphatic carbocycles. The number of hydrogen-bond acceptors (Lipinski definition) is 3. The highest BCUT2D eigenvalue weighted by atomic mass is 16.5. The first-order chi connectivity index (χ1) is 9.83. The summed E-state index contributed by atoms with van der Waals surface area (Å²) in [4.78, 5) is 10.1. The van der Waals surface area contributed by atoms with Crippen molar-refractivity contribution < 1.29 is 14.6 Å². The van der Waals surface area contributed by atoms with E-state index in [1.165, 1.54) is 16.7 Å². The number of aliphatic hydroxyl groups excluding tert-OH is 1. The van der Waals surface area contributed by atoms with Crippen molar-refractivity contribution in [2.24, 2.45) is 0 Å². The monoisotopic (exact) mass is 274 g/mol. The highest BCUT2D eigenvalue weighted by Gasteiger charge is 2.17. The second-order valence-electron chi connectivity index (χ2n) is 5.28. The molecule has 1 aliphatic rings. The van der Waals surface area contributed by atoms with Crippen LogP contribution in [0.1, 0.15) is 42.7 Å². The van der Waals surface area contributed by atoms with E-state index in [4.69, 9.17) is 9.84 Å². The molecule has 0 spiro atoms. The highest BCUT2D eigenvalue weighted by Crippen LogP contribution is 2.35. The number of aliphatic hydroxyl groups is 1. The quantitative estimate of drug-likeness (QED) is 0.493. The molecular weight excluding hydrogens is 252 g/mol. The minimum Gasteiger partial charge on any atom is -0.464 e. The summed E-state index contributed by atoms with van der Waals surface area (Å²) in [6.07, 6.45) is 7.26. The maximum Gasteiger partial charge on any atom is 0.293 e. The van der Waals surface area contributed by atoms with Crippen LogP contribution in [0.15, 0.2) is 35.9 Å². The van der Waals surface area contributed by atoms with Gasteiger partial charge in [0.05, 0.1) is 0 Å². The standard InChI is InChI=1S/C17H22O3/c18-11-9-14-1-5-16(6-2-14)17-7-3-15(4-8-17)10-12-20-13-19/h1-2,5-6,10,13,17-18H,3-4,7-9,11-12H2. The molecule has 0 atom stereocenters. The van der Waals surface area contributed by atoms with Gasteiger partial charge < -0.3 is 9.84 Å². The molecule has 0 saturated heterocycles. The second-order valence-corrected chi connectivity index (χ2v) is 5.28. The van der Waals surface area contributed by atoms with Crippen LogP contribution in [0.2, 0.25) is 0 Å². The van der Waals surface area contributed by atoms with Gasteiger partial charge in [-0.1, -0.05) is 29.8 Å². The van der Waals surface area contributed by atoms with Gasteiger partial charge in [0, 0.05) is 6.61 Å². The fourth-order valence-corrected chi connectivity index (χ4v) is 2.82. The molecule has 108 valence electrons. The van der Waals surface area contributed by atoms with Gasteiger partial charge in [0.25, 0.3) is 6.47 Å². The van der Waals surface area contributed by atoms with Crippen LogP contribution in [0.5, 0.6) is 0 Å². The van der Waals surface area contributed by atoms with E-state index in [1.54, 1.807) is 0 Å². The van der Waals surface area contributed by atoms with Crippen molar-refractivity contribution in [1.82, 2.24) is 0 Å². The Balaban J connectivity index is 1.86. The smallest absolute Gasteiger partial charge is 0.293 e. The van der Waals surface area contributed by atoms with Crippen molar-refractivity contribution in [3.8, 4) is 0 Å². The Bertz CT molecular complexity index is 438. The van der Waals surface area contributed by atoms with Crippen molar-refractivity contribution in [1.29, 1.82) is 0 Å². The first-order valence-corrected chi connectivity index (χ1v) is 7.26. The summed E-state index contributed by atoms with van der Waals surface area (Å²) < 4.78 is 4.71. The van der Waals surface area contributed by atoms with E-state index in [9.17, 15) is 4.79 Å². The average molecular weight is 274 g/mol. The summed E-state index contributed by atoms with van der Waals surface area (Å²) in [7, 11) is 0. The minimum atomic E-state index is 0.208. The molecule has 0 aliphatic heterocycles. The zero-order valence-corrected chi connectivity index (χ0v) is 11.8. The molecule has 3 heteroatoms. The molecule has 0 bridgehead atoms. The summed E-state index contributed by atoms with van der Waals surface area (Å²) in [5.74, 6) is 0.627. The van der Waals surface area contributed by atoms with Gasteiger partial charge in [0.2, 0.25) is 0 Å². The van der Waals surface area contributed by atoms with Crippen molar-refractivity contribution in [3.05, 3.63) is 47.0 Å². The van der Waals surface area contributed by atoms with Crippen LogP contribution in [-0.4, -0.2) is 24.8 Å². The fourth-order valence-electron chi connectivity index (χ4n) is 2.82. The Morgan fingerprint density at radius 1 is 1.20 bits per heavy atom. The van der Waals surface area contributed by atoms with Crippen molar-refractivity contribution in [2.45, 2.75) is 38.0 Å². The first-order valence-electron chi connectivity index (χ1n) is 7.26. The van der Waals surface area contributed by atoms with E-state index in [-0.39, 0.29) is 6.61 Å². The van der Waals surface area contributed by atoms with Gasteiger partial charge >= 0.3 is 0 Å². The molecule has 1 saturated carbocycles. The van der Waals surface area contributed by atoms with Gasteiger partial charge in [-0.3, -0.25) is 4.79 Å². The molecule has 0 aromatic heterocycles. The van der Waals surface area contributed by atoms with Crippen molar-refractivity contribution in [3.63, 3.8) is 0 Å². The molecule has 1 aromatic rings. The van der Waals surface area contributed by atoms with Gasteiger partial charge in [-0.05, 0) is 55.2 Å². The predicted molar refractivity (Wildman–Crippen MR) is 78.5 cm³/mol. The third kappa shape index (κ3) is 4.20. The lowest BCUT2D eigenvalue weighted by molar-refractivity contribution is -0.127. The van der Waals surface area contributed by atoms with Gasteiger partial charge in [-0.15, -0.1) is 0 Å². The molecule has 3 nitrogen and oxygen atoms in total. The van der Waals surface area contributed by atoms with E-state index >= 15 is 0 Å². The molecule has 0 radical (unpaired) electrons. The third-order valence-electron chi connectivity index (χ3n) is 4.02. The Morgan fingerprint density at radius 3 is 2.50 bits per heavy atom. The Labute approximate surface area is 120 Å². The Morgan fingerprint density at radius 2 is 1.90 bits per heavy atom. The van der Waals surface area contributed by atoms with Gasteiger partial charge in [-0.25, -0.2) is 0 Å². The maximum absolute atomic E-state index is 10.1. The summed E-state index contributed by atoms with van der Waals surface area (Å²) in [6.45, 7) is 1.11. The number of hydrogen-bond donors (Lipinski definition) is 1. The summed E-state index contributed by atoms with van der Waals surface area (Å²) in [5.41, 5.74) is 3.99. The first kappa shape index (κ1) is 14.8. The van der Waals surface area contributed by atoms with Crippen LogP contribution in [0, 0.1) is 0 Å². The normalized spacial score (nSPS) is 18.6. The lowest BCUT2D eigenvalue weighted by atomic mass is 9.81. The van der Waals surface area contributed by atoms with Crippen LogP contribution in [0.3, 0.4) is 0 Å². The van der Waals surface area contributed by atoms with E-state index in [1.807, 2.05) is 6.08 Å². The second kappa shape index (κ2) is 7.85. The lowest BCUT2D eigenvalue weighted by Crippen LogP contribution is -2.07. The largest absolute Gasteiger partial charge is 0.464 e. The maximum atomic E-state index is 10.1. The molecule has 1 N–H and O–H groups in total. The van der Waals surface area contributed by atoms with Gasteiger partial charge in [-0.2, -0.15) is 0 Å². The van der Waals surface area contributed by atoms with Crippen LogP contribution in [0.4, 0.5) is 0 Å². The lowest BCUT2D eigenvalue weighted by Gasteiger charge is -2.24. The summed E-state index contributed by atoms with van der Waals surface area (Å²) in [5, 5.41) is 8.92. The van der Waals surface area contributed by atoms with E-state index in [0.29, 0.717) is 19.0 Å². The van der Waals surface area contributed by atoms with E-state index in [2.05, 4.69) is 24.3 Å². The van der Waals surface area contributed by atoms with Crippen LogP contribution in [-0.2, 0) is 16.0 Å². The molecule has 0 amide bonds. The predicted octanol–water partition coefficient (Wildman–Crippen LogP) is 2.98. The molecule has 2 rings (SSSR count). The third-order valence-corrected chi connectivity index (χ3v) is 4.02. The minimum absolute atomic E-state index is 0.208. The number of allylic oxidation sites excluding steroid dienone is 1.